The second-order valence-electron chi connectivity index (χ2n) is 9.20. The molecule has 1 aromatic carbocycles. The van der Waals surface area contributed by atoms with E-state index in [-0.39, 0.29) is 16.9 Å². The standard InChI is InChI=1S/C15H18ClNO.C9H13N3O.CH5N/c1-14(2)9-15(3,4)13(14)18-11-6-5-10(8-17)12(16)7-11;10-4-2-1-3-9-11-5-8(7-13)6-12-9;1-2/h5-7,13H,9H2,1-4H3;5-7H,1-4,10H2;2H2,1H3. The van der Waals surface area contributed by atoms with Crippen LogP contribution in [0.5, 0.6) is 5.75 Å². The number of hydrogen-bond donors (Lipinski definition) is 2. The number of aryl methyl sites for hydroxylation is 1. The number of aldehydes is 1. The zero-order valence-corrected chi connectivity index (χ0v) is 21.0. The third-order valence-electron chi connectivity index (χ3n) is 5.36. The molecule has 1 aliphatic rings. The van der Waals surface area contributed by atoms with Crippen molar-refractivity contribution >= 4 is 17.9 Å². The van der Waals surface area contributed by atoms with Gasteiger partial charge in [0.15, 0.2) is 6.29 Å². The van der Waals surface area contributed by atoms with Gasteiger partial charge in [0.05, 0.1) is 16.1 Å². The van der Waals surface area contributed by atoms with Crippen molar-refractivity contribution in [1.29, 1.82) is 5.26 Å². The van der Waals surface area contributed by atoms with E-state index in [4.69, 9.17) is 27.3 Å². The minimum atomic E-state index is 0.175. The Morgan fingerprint density at radius 1 is 1.18 bits per heavy atom. The maximum absolute atomic E-state index is 10.3. The predicted molar refractivity (Wildman–Crippen MR) is 132 cm³/mol. The molecule has 0 amide bonds. The van der Waals surface area contributed by atoms with E-state index >= 15 is 0 Å². The minimum Gasteiger partial charge on any atom is -0.489 e. The molecule has 2 aromatic rings. The van der Waals surface area contributed by atoms with Gasteiger partial charge in [0, 0.05) is 35.7 Å². The number of hydrogen-bond acceptors (Lipinski definition) is 7. The van der Waals surface area contributed by atoms with Crippen molar-refractivity contribution in [2.24, 2.45) is 22.3 Å². The number of unbranched alkanes of at least 4 members (excludes halogenated alkanes) is 1. The first-order valence-corrected chi connectivity index (χ1v) is 11.4. The van der Waals surface area contributed by atoms with E-state index in [1.54, 1.807) is 12.1 Å². The van der Waals surface area contributed by atoms with Gasteiger partial charge in [0.2, 0.25) is 0 Å². The Balaban J connectivity index is 0.000000322. The van der Waals surface area contributed by atoms with E-state index in [0.717, 1.165) is 43.5 Å². The summed E-state index contributed by atoms with van der Waals surface area (Å²) in [6.07, 6.45) is 7.95. The SMILES string of the molecule is CC1(C)CC(C)(C)C1Oc1ccc(C#N)c(Cl)c1.CN.NCCCCc1ncc(C=O)cn1. The smallest absolute Gasteiger partial charge is 0.153 e. The maximum Gasteiger partial charge on any atom is 0.153 e. The molecule has 0 saturated heterocycles. The lowest BCUT2D eigenvalue weighted by Gasteiger charge is -2.56. The van der Waals surface area contributed by atoms with E-state index in [2.05, 4.69) is 43.4 Å². The fourth-order valence-electron chi connectivity index (χ4n) is 4.38. The van der Waals surface area contributed by atoms with Gasteiger partial charge in [0.1, 0.15) is 23.7 Å². The first kappa shape index (κ1) is 28.5. The molecule has 1 heterocycles. The molecule has 0 radical (unpaired) electrons. The van der Waals surface area contributed by atoms with Gasteiger partial charge in [-0.3, -0.25) is 4.79 Å². The average molecular weight is 474 g/mol. The number of benzene rings is 1. The van der Waals surface area contributed by atoms with Crippen LogP contribution in [0.2, 0.25) is 5.02 Å². The average Bonchev–Trinajstić information content (AvgIpc) is 2.79. The van der Waals surface area contributed by atoms with Crippen molar-refractivity contribution < 1.29 is 9.53 Å². The second-order valence-corrected chi connectivity index (χ2v) is 9.61. The molecular formula is C25H36ClN5O2. The van der Waals surface area contributed by atoms with Crippen LogP contribution in [0.15, 0.2) is 30.6 Å². The van der Waals surface area contributed by atoms with E-state index in [0.29, 0.717) is 22.7 Å². The second kappa shape index (κ2) is 13.2. The molecule has 0 spiro atoms. The lowest BCUT2D eigenvalue weighted by atomic mass is 9.53. The number of carbonyl (C=O) groups excluding carboxylic acids is 1. The molecule has 180 valence electrons. The van der Waals surface area contributed by atoms with Gasteiger partial charge in [-0.15, -0.1) is 0 Å². The largest absolute Gasteiger partial charge is 0.489 e. The minimum absolute atomic E-state index is 0.175. The lowest BCUT2D eigenvalue weighted by Crippen LogP contribution is -2.58. The summed E-state index contributed by atoms with van der Waals surface area (Å²) in [6.45, 7) is 9.57. The van der Waals surface area contributed by atoms with E-state index < -0.39 is 0 Å². The summed E-state index contributed by atoms with van der Waals surface area (Å²) in [4.78, 5) is 18.4. The molecule has 0 aliphatic heterocycles. The van der Waals surface area contributed by atoms with Gasteiger partial charge in [0.25, 0.3) is 0 Å². The summed E-state index contributed by atoms with van der Waals surface area (Å²) in [5.74, 6) is 1.52. The number of nitrogens with two attached hydrogens (primary N) is 2. The first-order chi connectivity index (χ1) is 15.6. The molecule has 8 heteroatoms. The van der Waals surface area contributed by atoms with E-state index in [1.807, 2.05) is 12.1 Å². The number of halogens is 1. The number of ether oxygens (including phenoxy) is 1. The van der Waals surface area contributed by atoms with Crippen LogP contribution < -0.4 is 16.2 Å². The highest BCUT2D eigenvalue weighted by Crippen LogP contribution is 2.55. The molecule has 4 N–H and O–H groups in total. The van der Waals surface area contributed by atoms with Crippen LogP contribution in [0.25, 0.3) is 0 Å². The molecule has 1 saturated carbocycles. The number of carbonyl (C=O) groups is 1. The van der Waals surface area contributed by atoms with Gasteiger partial charge in [-0.25, -0.2) is 9.97 Å². The van der Waals surface area contributed by atoms with Gasteiger partial charge in [-0.1, -0.05) is 39.3 Å². The molecule has 1 fully saturated rings. The van der Waals surface area contributed by atoms with Crippen molar-refractivity contribution in [3.63, 3.8) is 0 Å². The summed E-state index contributed by atoms with van der Waals surface area (Å²) in [6, 6.07) is 7.29. The van der Waals surface area contributed by atoms with Gasteiger partial charge >= 0.3 is 0 Å². The van der Waals surface area contributed by atoms with Gasteiger partial charge < -0.3 is 16.2 Å². The topological polar surface area (TPSA) is 128 Å². The Bertz CT molecular complexity index is 909. The highest BCUT2D eigenvalue weighted by molar-refractivity contribution is 6.31. The van der Waals surface area contributed by atoms with Crippen LogP contribution in [0.3, 0.4) is 0 Å². The number of rotatable bonds is 7. The van der Waals surface area contributed by atoms with Crippen LogP contribution in [0, 0.1) is 22.2 Å². The van der Waals surface area contributed by atoms with Crippen molar-refractivity contribution in [2.75, 3.05) is 13.6 Å². The first-order valence-electron chi connectivity index (χ1n) is 11.0. The third-order valence-corrected chi connectivity index (χ3v) is 5.67. The predicted octanol–water partition coefficient (Wildman–Crippen LogP) is 4.56. The van der Waals surface area contributed by atoms with Crippen LogP contribution in [-0.4, -0.2) is 36.0 Å². The van der Waals surface area contributed by atoms with Crippen molar-refractivity contribution in [2.45, 2.75) is 59.5 Å². The van der Waals surface area contributed by atoms with Crippen LogP contribution >= 0.6 is 11.6 Å². The summed E-state index contributed by atoms with van der Waals surface area (Å²) >= 11 is 6.01. The van der Waals surface area contributed by atoms with Crippen molar-refractivity contribution in [3.8, 4) is 11.8 Å². The Labute approximate surface area is 202 Å². The molecule has 1 aliphatic carbocycles. The Hall–Kier alpha value is -2.53. The number of aromatic nitrogens is 2. The highest BCUT2D eigenvalue weighted by atomic mass is 35.5. The van der Waals surface area contributed by atoms with Gasteiger partial charge in [-0.05, 0) is 45.0 Å². The molecule has 0 atom stereocenters. The summed E-state index contributed by atoms with van der Waals surface area (Å²) in [5, 5.41) is 9.29. The molecule has 0 bridgehead atoms. The highest BCUT2D eigenvalue weighted by Gasteiger charge is 2.54. The zero-order valence-electron chi connectivity index (χ0n) is 20.3. The van der Waals surface area contributed by atoms with Gasteiger partial charge in [-0.2, -0.15) is 5.26 Å². The summed E-state index contributed by atoms with van der Waals surface area (Å²) in [7, 11) is 1.50. The lowest BCUT2D eigenvalue weighted by molar-refractivity contribution is -0.133. The van der Waals surface area contributed by atoms with E-state index in [9.17, 15) is 4.79 Å². The normalized spacial score (nSPS) is 15.5. The summed E-state index contributed by atoms with van der Waals surface area (Å²) < 4.78 is 6.07. The van der Waals surface area contributed by atoms with E-state index in [1.165, 1.54) is 19.4 Å². The van der Waals surface area contributed by atoms with Crippen LogP contribution in [0.4, 0.5) is 0 Å². The quantitative estimate of drug-likeness (QED) is 0.445. The van der Waals surface area contributed by atoms with Crippen molar-refractivity contribution in [1.82, 2.24) is 9.97 Å². The molecule has 1 aromatic heterocycles. The molecule has 3 rings (SSSR count). The fraction of sp³-hybridized carbons (Fsp3) is 0.520. The fourth-order valence-corrected chi connectivity index (χ4v) is 4.60. The van der Waals surface area contributed by atoms with Crippen LogP contribution in [-0.2, 0) is 6.42 Å². The Morgan fingerprint density at radius 2 is 1.79 bits per heavy atom. The zero-order chi connectivity index (χ0) is 25.1. The molecule has 7 nitrogen and oxygen atoms in total. The monoisotopic (exact) mass is 473 g/mol. The molecule has 0 unspecified atom stereocenters. The maximum atomic E-state index is 10.3. The number of nitriles is 1. The molecule has 33 heavy (non-hydrogen) atoms. The summed E-state index contributed by atoms with van der Waals surface area (Å²) in [5.41, 5.74) is 11.2. The number of nitrogens with zero attached hydrogens (tertiary/aromatic N) is 3. The van der Waals surface area contributed by atoms with Crippen molar-refractivity contribution in [3.05, 3.63) is 52.6 Å². The Kier molecular flexibility index (Phi) is 11.4. The van der Waals surface area contributed by atoms with Crippen LogP contribution in [0.1, 0.15) is 68.7 Å². The Morgan fingerprint density at radius 3 is 2.24 bits per heavy atom. The molecular weight excluding hydrogens is 438 g/mol. The third kappa shape index (κ3) is 8.39.